The Kier molecular flexibility index (Phi) is 6.94. The largest absolute Gasteiger partial charge is 0.488 e. The van der Waals surface area contributed by atoms with E-state index < -0.39 is 5.82 Å². The van der Waals surface area contributed by atoms with E-state index in [0.717, 1.165) is 5.69 Å². The number of hydrogen-bond donors (Lipinski definition) is 2. The molecule has 3 aromatic rings. The van der Waals surface area contributed by atoms with Crippen LogP contribution in [0.5, 0.6) is 5.75 Å². The molecule has 142 valence electrons. The Bertz CT molecular complexity index is 962. The SMILES string of the molecule is Fc1cccc(Cl)c1COc1ccccc1/C=N\NC(=S)Nc1ccccc1. The Morgan fingerprint density at radius 1 is 1.04 bits per heavy atom. The predicted molar refractivity (Wildman–Crippen MR) is 116 cm³/mol. The van der Waals surface area contributed by atoms with Gasteiger partial charge in [-0.3, -0.25) is 5.43 Å². The Morgan fingerprint density at radius 3 is 2.57 bits per heavy atom. The molecule has 0 saturated heterocycles. The molecule has 0 bridgehead atoms. The minimum absolute atomic E-state index is 0.0117. The van der Waals surface area contributed by atoms with E-state index in [0.29, 0.717) is 27.0 Å². The Hall–Kier alpha value is -2.96. The standard InChI is InChI=1S/C21H17ClFN3OS/c22-18-10-6-11-19(23)17(18)14-27-20-12-5-4-7-15(20)13-24-26-21(28)25-16-8-2-1-3-9-16/h1-13H,14H2,(H2,25,26,28)/b24-13-. The second-order valence-electron chi connectivity index (χ2n) is 5.72. The number of halogens is 2. The first-order valence-corrected chi connectivity index (χ1v) is 9.22. The van der Waals surface area contributed by atoms with Crippen LogP contribution in [0.1, 0.15) is 11.1 Å². The maximum Gasteiger partial charge on any atom is 0.191 e. The van der Waals surface area contributed by atoms with Gasteiger partial charge in [0.15, 0.2) is 5.11 Å². The highest BCUT2D eigenvalue weighted by molar-refractivity contribution is 7.80. The van der Waals surface area contributed by atoms with Crippen LogP contribution >= 0.6 is 23.8 Å². The summed E-state index contributed by atoms with van der Waals surface area (Å²) in [6.45, 7) is 0.0117. The topological polar surface area (TPSA) is 45.6 Å². The van der Waals surface area contributed by atoms with Crippen LogP contribution in [-0.4, -0.2) is 11.3 Å². The second-order valence-corrected chi connectivity index (χ2v) is 6.53. The molecule has 0 aromatic heterocycles. The van der Waals surface area contributed by atoms with Gasteiger partial charge < -0.3 is 10.1 Å². The number of nitrogens with one attached hydrogen (secondary N) is 2. The second kappa shape index (κ2) is 9.82. The van der Waals surface area contributed by atoms with Gasteiger partial charge in [-0.1, -0.05) is 48.0 Å². The van der Waals surface area contributed by atoms with E-state index in [1.165, 1.54) is 6.07 Å². The molecule has 0 aliphatic heterocycles. The number of hydrazone groups is 1. The van der Waals surface area contributed by atoms with Crippen LogP contribution in [0.15, 0.2) is 77.9 Å². The maximum absolute atomic E-state index is 13.9. The molecule has 4 nitrogen and oxygen atoms in total. The summed E-state index contributed by atoms with van der Waals surface area (Å²) in [5.41, 5.74) is 4.63. The zero-order valence-corrected chi connectivity index (χ0v) is 16.3. The number of ether oxygens (including phenoxy) is 1. The van der Waals surface area contributed by atoms with Crippen LogP contribution in [0, 0.1) is 5.82 Å². The summed E-state index contributed by atoms with van der Waals surface area (Å²) in [5.74, 6) is 0.145. The lowest BCUT2D eigenvalue weighted by Crippen LogP contribution is -2.23. The molecular formula is C21H17ClFN3OS. The van der Waals surface area contributed by atoms with Crippen molar-refractivity contribution in [2.75, 3.05) is 5.32 Å². The summed E-state index contributed by atoms with van der Waals surface area (Å²) in [7, 11) is 0. The van der Waals surface area contributed by atoms with Crippen LogP contribution in [0.3, 0.4) is 0 Å². The van der Waals surface area contributed by atoms with Gasteiger partial charge in [-0.15, -0.1) is 0 Å². The predicted octanol–water partition coefficient (Wildman–Crippen LogP) is 5.38. The summed E-state index contributed by atoms with van der Waals surface area (Å²) < 4.78 is 19.6. The molecular weight excluding hydrogens is 397 g/mol. The lowest BCUT2D eigenvalue weighted by molar-refractivity contribution is 0.299. The third-order valence-electron chi connectivity index (χ3n) is 3.75. The number of benzene rings is 3. The van der Waals surface area contributed by atoms with E-state index in [1.807, 2.05) is 48.5 Å². The Balaban J connectivity index is 1.62. The quantitative estimate of drug-likeness (QED) is 0.323. The van der Waals surface area contributed by atoms with Crippen LogP contribution < -0.4 is 15.5 Å². The first kappa shape index (κ1) is 19.8. The smallest absolute Gasteiger partial charge is 0.191 e. The summed E-state index contributed by atoms with van der Waals surface area (Å²) in [6, 6.07) is 21.3. The molecule has 3 rings (SSSR count). The number of thiocarbonyl (C=S) groups is 1. The highest BCUT2D eigenvalue weighted by atomic mass is 35.5. The lowest BCUT2D eigenvalue weighted by atomic mass is 10.2. The van der Waals surface area contributed by atoms with Crippen molar-refractivity contribution < 1.29 is 9.13 Å². The first-order valence-electron chi connectivity index (χ1n) is 8.43. The highest BCUT2D eigenvalue weighted by Gasteiger charge is 2.09. The lowest BCUT2D eigenvalue weighted by Gasteiger charge is -2.11. The van der Waals surface area contributed by atoms with E-state index in [4.69, 9.17) is 28.6 Å². The molecule has 0 aliphatic carbocycles. The average Bonchev–Trinajstić information content (AvgIpc) is 2.69. The van der Waals surface area contributed by atoms with Gasteiger partial charge >= 0.3 is 0 Å². The molecule has 0 spiro atoms. The van der Waals surface area contributed by atoms with Crippen molar-refractivity contribution in [1.29, 1.82) is 0 Å². The van der Waals surface area contributed by atoms with Crippen LogP contribution in [0.4, 0.5) is 10.1 Å². The summed E-state index contributed by atoms with van der Waals surface area (Å²) >= 11 is 11.2. The van der Waals surface area contributed by atoms with E-state index in [1.54, 1.807) is 24.4 Å². The molecule has 2 N–H and O–H groups in total. The fraction of sp³-hybridized carbons (Fsp3) is 0.0476. The molecule has 3 aromatic carbocycles. The zero-order valence-electron chi connectivity index (χ0n) is 14.7. The maximum atomic E-state index is 13.9. The zero-order chi connectivity index (χ0) is 19.8. The van der Waals surface area contributed by atoms with Gasteiger partial charge in [-0.05, 0) is 48.6 Å². The number of para-hydroxylation sites is 2. The number of nitrogens with zero attached hydrogens (tertiary/aromatic N) is 1. The van der Waals surface area contributed by atoms with Crippen LogP contribution in [0.2, 0.25) is 5.02 Å². The molecule has 0 radical (unpaired) electrons. The molecule has 7 heteroatoms. The van der Waals surface area contributed by atoms with Crippen molar-refractivity contribution in [3.8, 4) is 5.75 Å². The summed E-state index contributed by atoms with van der Waals surface area (Å²) in [5, 5.41) is 7.83. The molecule has 0 amide bonds. The third-order valence-corrected chi connectivity index (χ3v) is 4.30. The molecule has 0 aliphatic rings. The van der Waals surface area contributed by atoms with E-state index in [-0.39, 0.29) is 6.61 Å². The van der Waals surface area contributed by atoms with Crippen molar-refractivity contribution in [1.82, 2.24) is 5.43 Å². The minimum Gasteiger partial charge on any atom is -0.488 e. The molecule has 0 heterocycles. The summed E-state index contributed by atoms with van der Waals surface area (Å²) in [6.07, 6.45) is 1.58. The van der Waals surface area contributed by atoms with Crippen molar-refractivity contribution in [2.24, 2.45) is 5.10 Å². The van der Waals surface area contributed by atoms with Gasteiger partial charge in [-0.25, -0.2) is 4.39 Å². The van der Waals surface area contributed by atoms with E-state index in [2.05, 4.69) is 15.8 Å². The number of anilines is 1. The molecule has 0 fully saturated rings. The Labute approximate surface area is 173 Å². The summed E-state index contributed by atoms with van der Waals surface area (Å²) in [4.78, 5) is 0. The van der Waals surface area contributed by atoms with Gasteiger partial charge in [-0.2, -0.15) is 5.10 Å². The fourth-order valence-electron chi connectivity index (χ4n) is 2.38. The van der Waals surface area contributed by atoms with Gasteiger partial charge in [0.05, 0.1) is 11.2 Å². The van der Waals surface area contributed by atoms with Crippen molar-refractivity contribution in [2.45, 2.75) is 6.61 Å². The fourth-order valence-corrected chi connectivity index (χ4v) is 2.77. The number of rotatable bonds is 6. The highest BCUT2D eigenvalue weighted by Crippen LogP contribution is 2.23. The minimum atomic E-state index is -0.405. The number of hydrogen-bond acceptors (Lipinski definition) is 3. The first-order chi connectivity index (χ1) is 13.6. The van der Waals surface area contributed by atoms with Gasteiger partial charge in [0.2, 0.25) is 0 Å². The Morgan fingerprint density at radius 2 is 1.79 bits per heavy atom. The normalized spacial score (nSPS) is 10.6. The van der Waals surface area contributed by atoms with Gasteiger partial charge in [0.1, 0.15) is 18.2 Å². The van der Waals surface area contributed by atoms with Gasteiger partial charge in [0.25, 0.3) is 0 Å². The van der Waals surface area contributed by atoms with Gasteiger partial charge in [0, 0.05) is 16.8 Å². The molecule has 0 unspecified atom stereocenters. The molecule has 0 saturated carbocycles. The van der Waals surface area contributed by atoms with Crippen molar-refractivity contribution in [3.05, 3.63) is 94.8 Å². The molecule has 28 heavy (non-hydrogen) atoms. The molecule has 0 atom stereocenters. The van der Waals surface area contributed by atoms with Crippen LogP contribution in [0.25, 0.3) is 0 Å². The van der Waals surface area contributed by atoms with Crippen molar-refractivity contribution >= 4 is 40.8 Å². The van der Waals surface area contributed by atoms with E-state index in [9.17, 15) is 4.39 Å². The van der Waals surface area contributed by atoms with E-state index >= 15 is 0 Å². The average molecular weight is 414 g/mol. The third kappa shape index (κ3) is 5.52. The van der Waals surface area contributed by atoms with Crippen LogP contribution in [-0.2, 0) is 6.61 Å². The van der Waals surface area contributed by atoms with Crippen molar-refractivity contribution in [3.63, 3.8) is 0 Å². The monoisotopic (exact) mass is 413 g/mol.